The Balaban J connectivity index is 1.49. The summed E-state index contributed by atoms with van der Waals surface area (Å²) in [6, 6.07) is 24.1. The molecule has 7 heteroatoms. The Labute approximate surface area is 171 Å². The molecular weight excluding hydrogens is 382 g/mol. The Hall–Kier alpha value is -3.58. The number of nitrogens with zero attached hydrogens (tertiary/aromatic N) is 5. The Bertz CT molecular complexity index is 1200. The number of rotatable bonds is 6. The van der Waals surface area contributed by atoms with Crippen molar-refractivity contribution >= 4 is 11.8 Å². The van der Waals surface area contributed by atoms with Crippen LogP contribution in [0.5, 0.6) is 0 Å². The number of benzene rings is 2. The zero-order chi connectivity index (χ0) is 19.5. The van der Waals surface area contributed by atoms with Crippen LogP contribution in [0.3, 0.4) is 0 Å². The lowest BCUT2D eigenvalue weighted by Gasteiger charge is -2.09. The lowest BCUT2D eigenvalue weighted by molar-refractivity contribution is 0.465. The van der Waals surface area contributed by atoms with Crippen molar-refractivity contribution in [3.05, 3.63) is 97.0 Å². The van der Waals surface area contributed by atoms with E-state index in [0.29, 0.717) is 11.1 Å². The minimum atomic E-state index is 0.450. The quantitative estimate of drug-likeness (QED) is 0.376. The average Bonchev–Trinajstić information content (AvgIpc) is 3.53. The van der Waals surface area contributed by atoms with Crippen LogP contribution < -0.4 is 0 Å². The minimum absolute atomic E-state index is 0.450. The third-order valence-electron chi connectivity index (χ3n) is 4.44. The van der Waals surface area contributed by atoms with Crippen molar-refractivity contribution in [3.8, 4) is 23.0 Å². The summed E-state index contributed by atoms with van der Waals surface area (Å²) in [7, 11) is 0. The van der Waals surface area contributed by atoms with Gasteiger partial charge in [-0.1, -0.05) is 60.3 Å². The van der Waals surface area contributed by atoms with Crippen molar-refractivity contribution in [1.82, 2.24) is 24.5 Å². The zero-order valence-corrected chi connectivity index (χ0v) is 16.2. The van der Waals surface area contributed by atoms with Gasteiger partial charge >= 0.3 is 0 Å². The Kier molecular flexibility index (Phi) is 4.72. The standard InChI is InChI=1S/C22H17N5OS/c1-3-9-17(10-4-1)16-29-22-25-24-20(28-22)19-15-23-27(18-11-5-2-6-12-18)21(19)26-13-7-8-14-26/h1-15H,16H2. The van der Waals surface area contributed by atoms with Gasteiger partial charge in [0.1, 0.15) is 5.56 Å². The van der Waals surface area contributed by atoms with E-state index in [0.717, 1.165) is 22.8 Å². The molecule has 0 aliphatic heterocycles. The molecule has 0 aliphatic carbocycles. The van der Waals surface area contributed by atoms with Gasteiger partial charge < -0.3 is 8.98 Å². The van der Waals surface area contributed by atoms with Gasteiger partial charge in [-0.3, -0.25) is 0 Å². The van der Waals surface area contributed by atoms with Crippen molar-refractivity contribution in [3.63, 3.8) is 0 Å². The third-order valence-corrected chi connectivity index (χ3v) is 5.33. The number of hydrogen-bond donors (Lipinski definition) is 0. The van der Waals surface area contributed by atoms with Crippen molar-refractivity contribution < 1.29 is 4.42 Å². The summed E-state index contributed by atoms with van der Waals surface area (Å²) in [5, 5.41) is 13.6. The van der Waals surface area contributed by atoms with Gasteiger partial charge in [0.25, 0.3) is 11.1 Å². The van der Waals surface area contributed by atoms with Crippen LogP contribution in [-0.2, 0) is 5.75 Å². The van der Waals surface area contributed by atoms with E-state index in [1.54, 1.807) is 6.20 Å². The summed E-state index contributed by atoms with van der Waals surface area (Å²) in [4.78, 5) is 0. The molecule has 3 aromatic heterocycles. The van der Waals surface area contributed by atoms with E-state index in [1.807, 2.05) is 82.3 Å². The van der Waals surface area contributed by atoms with E-state index < -0.39 is 0 Å². The maximum Gasteiger partial charge on any atom is 0.277 e. The average molecular weight is 399 g/mol. The highest BCUT2D eigenvalue weighted by Crippen LogP contribution is 2.30. The van der Waals surface area contributed by atoms with Gasteiger partial charge in [-0.25, -0.2) is 4.68 Å². The fourth-order valence-corrected chi connectivity index (χ4v) is 3.79. The highest BCUT2D eigenvalue weighted by Gasteiger charge is 2.20. The van der Waals surface area contributed by atoms with Gasteiger partial charge in [0, 0.05) is 18.1 Å². The molecule has 0 N–H and O–H groups in total. The van der Waals surface area contributed by atoms with Crippen LogP contribution in [0.25, 0.3) is 23.0 Å². The van der Waals surface area contributed by atoms with Crippen LogP contribution in [0, 0.1) is 0 Å². The Morgan fingerprint density at radius 1 is 0.828 bits per heavy atom. The first-order chi connectivity index (χ1) is 14.4. The predicted octanol–water partition coefficient (Wildman–Crippen LogP) is 5.01. The smallest absolute Gasteiger partial charge is 0.277 e. The van der Waals surface area contributed by atoms with E-state index in [-0.39, 0.29) is 0 Å². The topological polar surface area (TPSA) is 61.7 Å². The molecule has 29 heavy (non-hydrogen) atoms. The molecule has 0 unspecified atom stereocenters. The van der Waals surface area contributed by atoms with Crippen molar-refractivity contribution in [2.75, 3.05) is 0 Å². The van der Waals surface area contributed by atoms with Crippen LogP contribution in [0.4, 0.5) is 0 Å². The maximum atomic E-state index is 5.95. The van der Waals surface area contributed by atoms with Crippen molar-refractivity contribution in [2.24, 2.45) is 0 Å². The molecule has 0 atom stereocenters. The van der Waals surface area contributed by atoms with Gasteiger partial charge in [-0.05, 0) is 29.8 Å². The predicted molar refractivity (Wildman–Crippen MR) is 112 cm³/mol. The number of hydrogen-bond acceptors (Lipinski definition) is 5. The van der Waals surface area contributed by atoms with Crippen molar-refractivity contribution in [2.45, 2.75) is 11.0 Å². The maximum absolute atomic E-state index is 5.95. The first kappa shape index (κ1) is 17.5. The lowest BCUT2D eigenvalue weighted by atomic mass is 10.2. The van der Waals surface area contributed by atoms with Crippen LogP contribution in [-0.4, -0.2) is 24.5 Å². The summed E-state index contributed by atoms with van der Waals surface area (Å²) in [6.07, 6.45) is 5.71. The zero-order valence-electron chi connectivity index (χ0n) is 15.4. The molecule has 0 saturated carbocycles. The van der Waals surface area contributed by atoms with Gasteiger partial charge in [-0.15, -0.1) is 10.2 Å². The first-order valence-corrected chi connectivity index (χ1v) is 10.1. The Morgan fingerprint density at radius 3 is 2.31 bits per heavy atom. The van der Waals surface area contributed by atoms with E-state index in [9.17, 15) is 0 Å². The Morgan fingerprint density at radius 2 is 1.55 bits per heavy atom. The molecule has 0 spiro atoms. The molecular formula is C22H17N5OS. The minimum Gasteiger partial charge on any atom is -0.411 e. The fraction of sp³-hybridized carbons (Fsp3) is 0.0455. The summed E-state index contributed by atoms with van der Waals surface area (Å²) < 4.78 is 9.82. The van der Waals surface area contributed by atoms with Gasteiger partial charge in [0.2, 0.25) is 0 Å². The summed E-state index contributed by atoms with van der Waals surface area (Å²) >= 11 is 1.52. The van der Waals surface area contributed by atoms with E-state index in [2.05, 4.69) is 27.4 Å². The summed E-state index contributed by atoms with van der Waals surface area (Å²) in [5.74, 6) is 2.08. The second kappa shape index (κ2) is 7.81. The van der Waals surface area contributed by atoms with E-state index >= 15 is 0 Å². The van der Waals surface area contributed by atoms with E-state index in [1.165, 1.54) is 17.3 Å². The van der Waals surface area contributed by atoms with Crippen LogP contribution >= 0.6 is 11.8 Å². The lowest BCUT2D eigenvalue weighted by Crippen LogP contribution is -2.04. The molecule has 2 aromatic carbocycles. The van der Waals surface area contributed by atoms with Crippen LogP contribution in [0.1, 0.15) is 5.56 Å². The molecule has 6 nitrogen and oxygen atoms in total. The molecule has 3 heterocycles. The SMILES string of the molecule is c1ccc(CSc2nnc(-c3cnn(-c4ccccc4)c3-n3cccc3)o2)cc1. The largest absolute Gasteiger partial charge is 0.411 e. The fourth-order valence-electron chi connectivity index (χ4n) is 3.07. The van der Waals surface area contributed by atoms with Crippen molar-refractivity contribution in [1.29, 1.82) is 0 Å². The molecule has 0 aliphatic rings. The number of aromatic nitrogens is 5. The molecule has 0 bridgehead atoms. The molecule has 0 radical (unpaired) electrons. The molecule has 0 saturated heterocycles. The highest BCUT2D eigenvalue weighted by atomic mass is 32.2. The molecule has 5 aromatic rings. The summed E-state index contributed by atoms with van der Waals surface area (Å²) in [5.41, 5.74) is 2.95. The van der Waals surface area contributed by atoms with Gasteiger partial charge in [0.05, 0.1) is 11.9 Å². The second-order valence-corrected chi connectivity index (χ2v) is 7.29. The summed E-state index contributed by atoms with van der Waals surface area (Å²) in [6.45, 7) is 0. The monoisotopic (exact) mass is 399 g/mol. The third kappa shape index (κ3) is 3.60. The normalized spacial score (nSPS) is 11.0. The van der Waals surface area contributed by atoms with Gasteiger partial charge in [-0.2, -0.15) is 5.10 Å². The molecule has 0 fully saturated rings. The molecule has 5 rings (SSSR count). The van der Waals surface area contributed by atoms with Gasteiger partial charge in [0.15, 0.2) is 5.82 Å². The first-order valence-electron chi connectivity index (χ1n) is 9.16. The highest BCUT2D eigenvalue weighted by molar-refractivity contribution is 7.98. The van der Waals surface area contributed by atoms with Crippen LogP contribution in [0.2, 0.25) is 0 Å². The molecule has 142 valence electrons. The second-order valence-electron chi connectivity index (χ2n) is 6.37. The number of para-hydroxylation sites is 1. The molecule has 0 amide bonds. The number of thioether (sulfide) groups is 1. The van der Waals surface area contributed by atoms with Crippen LogP contribution in [0.15, 0.2) is 101 Å². The van der Waals surface area contributed by atoms with E-state index in [4.69, 9.17) is 4.42 Å².